The number of nitrogens with one attached hydrogen (secondary N) is 2. The second-order valence-corrected chi connectivity index (χ2v) is 11.6. The minimum absolute atomic E-state index is 0.0150. The lowest BCUT2D eigenvalue weighted by Gasteiger charge is -2.48. The molecule has 2 aromatic rings. The Bertz CT molecular complexity index is 1630. The molecule has 0 unspecified atom stereocenters. The van der Waals surface area contributed by atoms with Crippen molar-refractivity contribution < 1.29 is 44.7 Å². The average molecular weight is 741 g/mol. The molecule has 16 heteroatoms. The van der Waals surface area contributed by atoms with Gasteiger partial charge in [0.25, 0.3) is 11.8 Å². The summed E-state index contributed by atoms with van der Waals surface area (Å²) in [6.07, 6.45) is -9.22. The van der Waals surface area contributed by atoms with Crippen molar-refractivity contribution >= 4 is 45.8 Å². The number of benzene rings is 2. The molecule has 44 heavy (non-hydrogen) atoms. The molecular weight excluding hydrogens is 717 g/mol. The zero-order valence-corrected chi connectivity index (χ0v) is 25.6. The molecule has 0 fully saturated rings. The van der Waals surface area contributed by atoms with Crippen LogP contribution >= 0.6 is 22.6 Å². The fraction of sp³-hybridized carbons (Fsp3) is 0.321. The maximum absolute atomic E-state index is 14.7. The Morgan fingerprint density at radius 1 is 1.07 bits per heavy atom. The van der Waals surface area contributed by atoms with Crippen LogP contribution in [0.25, 0.3) is 0 Å². The van der Waals surface area contributed by atoms with E-state index in [2.05, 4.69) is 10.3 Å². The lowest BCUT2D eigenvalue weighted by atomic mass is 9.87. The van der Waals surface area contributed by atoms with Crippen LogP contribution in [0.2, 0.25) is 0 Å². The first-order valence-corrected chi connectivity index (χ1v) is 13.8. The van der Waals surface area contributed by atoms with E-state index in [4.69, 9.17) is 0 Å². The Labute approximate surface area is 259 Å². The first kappa shape index (κ1) is 33.4. The summed E-state index contributed by atoms with van der Waals surface area (Å²) < 4.78 is 110. The molecule has 4 rings (SSSR count). The molecule has 2 aliphatic heterocycles. The van der Waals surface area contributed by atoms with Crippen LogP contribution in [0.15, 0.2) is 58.2 Å². The number of carbonyl (C=O) groups is 2. The largest absolute Gasteiger partial charge is 0.431 e. The van der Waals surface area contributed by atoms with Gasteiger partial charge in [-0.2, -0.15) is 26.3 Å². The molecule has 2 aliphatic rings. The summed E-state index contributed by atoms with van der Waals surface area (Å²) in [6, 6.07) is 4.63. The Morgan fingerprint density at radius 3 is 2.34 bits per heavy atom. The molecule has 2 aromatic carbocycles. The van der Waals surface area contributed by atoms with E-state index in [0.29, 0.717) is 18.2 Å². The van der Waals surface area contributed by atoms with Crippen molar-refractivity contribution in [3.8, 4) is 0 Å². The van der Waals surface area contributed by atoms with E-state index < -0.39 is 82.7 Å². The zero-order valence-electron chi connectivity index (χ0n) is 23.4. The number of hydrazine groups is 1. The van der Waals surface area contributed by atoms with Gasteiger partial charge in [0, 0.05) is 18.2 Å². The van der Waals surface area contributed by atoms with E-state index >= 15 is 0 Å². The predicted molar refractivity (Wildman–Crippen MR) is 153 cm³/mol. The normalized spacial score (nSPS) is 17.8. The molecular formula is C28H24F8IN5O2. The SMILES string of the molecule is CC1=C(C(=O)Nc2ccc(C(F)(F)F)cc2C2=NCNC(C(F)(F)F)=C2)C(=O)N(Cc2ccc(I)c(F)c2F)N(C)C1(C)C. The van der Waals surface area contributed by atoms with Gasteiger partial charge in [0.1, 0.15) is 17.9 Å². The van der Waals surface area contributed by atoms with Gasteiger partial charge in [0.05, 0.1) is 32.6 Å². The fourth-order valence-electron chi connectivity index (χ4n) is 4.59. The van der Waals surface area contributed by atoms with Crippen LogP contribution in [0.3, 0.4) is 0 Å². The van der Waals surface area contributed by atoms with Crippen molar-refractivity contribution in [3.05, 3.63) is 85.1 Å². The summed E-state index contributed by atoms with van der Waals surface area (Å²) in [5.41, 5.74) is -5.20. The number of hydrogen-bond donors (Lipinski definition) is 2. The van der Waals surface area contributed by atoms with E-state index in [9.17, 15) is 44.7 Å². The van der Waals surface area contributed by atoms with Crippen molar-refractivity contribution in [2.45, 2.75) is 45.2 Å². The summed E-state index contributed by atoms with van der Waals surface area (Å²) in [5.74, 6) is -4.30. The smallest absolute Gasteiger partial charge is 0.362 e. The van der Waals surface area contributed by atoms with Crippen LogP contribution in [-0.4, -0.2) is 53.0 Å². The number of amides is 2. The maximum atomic E-state index is 14.7. The predicted octanol–water partition coefficient (Wildman–Crippen LogP) is 6.31. The maximum Gasteiger partial charge on any atom is 0.431 e. The molecule has 0 saturated carbocycles. The monoisotopic (exact) mass is 741 g/mol. The second-order valence-electron chi connectivity index (χ2n) is 10.4. The molecule has 0 atom stereocenters. The van der Waals surface area contributed by atoms with Crippen LogP contribution in [0.5, 0.6) is 0 Å². The van der Waals surface area contributed by atoms with Crippen LogP contribution in [0.4, 0.5) is 40.8 Å². The summed E-state index contributed by atoms with van der Waals surface area (Å²) >= 11 is 1.61. The summed E-state index contributed by atoms with van der Waals surface area (Å²) in [7, 11) is 1.50. The van der Waals surface area contributed by atoms with Gasteiger partial charge in [0.15, 0.2) is 11.6 Å². The van der Waals surface area contributed by atoms with E-state index in [0.717, 1.165) is 11.1 Å². The molecule has 0 aromatic heterocycles. The average Bonchev–Trinajstić information content (AvgIpc) is 2.93. The van der Waals surface area contributed by atoms with Gasteiger partial charge >= 0.3 is 12.4 Å². The molecule has 0 spiro atoms. The Balaban J connectivity index is 1.76. The highest BCUT2D eigenvalue weighted by Crippen LogP contribution is 2.37. The molecule has 2 amide bonds. The van der Waals surface area contributed by atoms with Gasteiger partial charge in [-0.25, -0.2) is 13.8 Å². The van der Waals surface area contributed by atoms with Gasteiger partial charge in [-0.1, -0.05) is 6.07 Å². The number of aliphatic imine (C=N–C) groups is 1. The number of carbonyl (C=O) groups excluding carboxylic acids is 2. The van der Waals surface area contributed by atoms with Crippen molar-refractivity contribution in [2.75, 3.05) is 19.0 Å². The highest BCUT2D eigenvalue weighted by Gasteiger charge is 2.44. The summed E-state index contributed by atoms with van der Waals surface area (Å²) in [6.45, 7) is 3.71. The Morgan fingerprint density at radius 2 is 1.73 bits per heavy atom. The topological polar surface area (TPSA) is 77.0 Å². The van der Waals surface area contributed by atoms with Gasteiger partial charge in [-0.3, -0.25) is 19.6 Å². The molecule has 2 heterocycles. The summed E-state index contributed by atoms with van der Waals surface area (Å²) in [4.78, 5) is 31.2. The lowest BCUT2D eigenvalue weighted by molar-refractivity contribution is -0.156. The van der Waals surface area contributed by atoms with Gasteiger partial charge in [-0.05, 0) is 79.3 Å². The van der Waals surface area contributed by atoms with Crippen molar-refractivity contribution in [1.29, 1.82) is 0 Å². The third-order valence-corrected chi connectivity index (χ3v) is 8.38. The molecule has 236 valence electrons. The molecule has 0 bridgehead atoms. The third kappa shape index (κ3) is 6.31. The molecule has 0 saturated heterocycles. The number of rotatable bonds is 5. The Kier molecular flexibility index (Phi) is 8.91. The highest BCUT2D eigenvalue weighted by atomic mass is 127. The van der Waals surface area contributed by atoms with E-state index in [1.54, 1.807) is 36.4 Å². The van der Waals surface area contributed by atoms with Crippen molar-refractivity contribution in [2.24, 2.45) is 4.99 Å². The van der Waals surface area contributed by atoms with Gasteiger partial charge in [0.2, 0.25) is 0 Å². The number of likely N-dealkylation sites (N-methyl/N-ethyl adjacent to an activating group) is 1. The van der Waals surface area contributed by atoms with Crippen LogP contribution < -0.4 is 10.6 Å². The first-order chi connectivity index (χ1) is 20.2. The van der Waals surface area contributed by atoms with Crippen LogP contribution in [-0.2, 0) is 22.3 Å². The van der Waals surface area contributed by atoms with Crippen molar-refractivity contribution in [1.82, 2.24) is 15.3 Å². The van der Waals surface area contributed by atoms with Crippen LogP contribution in [0, 0.1) is 15.2 Å². The fourth-order valence-corrected chi connectivity index (χ4v) is 5.00. The molecule has 0 aliphatic carbocycles. The molecule has 7 nitrogen and oxygen atoms in total. The number of allylic oxidation sites excluding steroid dienone is 2. The zero-order chi connectivity index (χ0) is 32.9. The standard InChI is InChI=1S/C28H24F8IN5O2/c1-13-21(25(44)42(41(4)26(13,2)3)11-14-5-7-17(37)23(30)22(14)29)24(43)40-18-8-6-15(27(31,32)33)9-16(18)19-10-20(28(34,35)36)39-12-38-19/h5-10,39H,11-12H2,1-4H3,(H,40,43). The molecule has 2 N–H and O–H groups in total. The van der Waals surface area contributed by atoms with E-state index in [-0.39, 0.29) is 20.4 Å². The van der Waals surface area contributed by atoms with Gasteiger partial charge < -0.3 is 10.6 Å². The highest BCUT2D eigenvalue weighted by molar-refractivity contribution is 14.1. The number of nitrogens with zero attached hydrogens (tertiary/aromatic N) is 3. The first-order valence-electron chi connectivity index (χ1n) is 12.7. The number of hydrogen-bond acceptors (Lipinski definition) is 5. The molecule has 0 radical (unpaired) electrons. The van der Waals surface area contributed by atoms with Gasteiger partial charge in [-0.15, -0.1) is 0 Å². The van der Waals surface area contributed by atoms with Crippen LogP contribution in [0.1, 0.15) is 37.5 Å². The quantitative estimate of drug-likeness (QED) is 0.163. The van der Waals surface area contributed by atoms with E-state index in [1.165, 1.54) is 31.1 Å². The Hall–Kier alpha value is -3.54. The minimum atomic E-state index is -4.88. The van der Waals surface area contributed by atoms with E-state index in [1.807, 2.05) is 5.32 Å². The third-order valence-electron chi connectivity index (χ3n) is 7.55. The minimum Gasteiger partial charge on any atom is -0.362 e. The number of alkyl halides is 6. The van der Waals surface area contributed by atoms with Crippen molar-refractivity contribution in [3.63, 3.8) is 0 Å². The summed E-state index contributed by atoms with van der Waals surface area (Å²) in [5, 5.41) is 6.82. The second kappa shape index (κ2) is 11.8. The lowest BCUT2D eigenvalue weighted by Crippen LogP contribution is -2.60. The number of halogens is 9. The number of anilines is 1.